The van der Waals surface area contributed by atoms with E-state index in [9.17, 15) is 9.59 Å². The lowest BCUT2D eigenvalue weighted by molar-refractivity contribution is 0.526. The largest absolute Gasteiger partial charge is 0.419 e. The van der Waals surface area contributed by atoms with Crippen molar-refractivity contribution >= 4 is 22.2 Å². The molecule has 110 valence electrons. The van der Waals surface area contributed by atoms with Crippen molar-refractivity contribution in [3.8, 4) is 11.1 Å². The summed E-state index contributed by atoms with van der Waals surface area (Å²) in [6.45, 7) is 0. The van der Waals surface area contributed by atoms with Gasteiger partial charge in [0.15, 0.2) is 11.2 Å². The predicted molar refractivity (Wildman–Crippen MR) is 81.9 cm³/mol. The smallest absolute Gasteiger partial charge is 0.407 e. The summed E-state index contributed by atoms with van der Waals surface area (Å²) in [4.78, 5) is 23.5. The standard InChI is InChI=1S/C16H12N2O4/c1-17-11-7-3-5-9(13(11)21-15(17)19)10-6-4-8-12-14(10)22-16(20)18(12)2/h3-8H,1-2H3. The van der Waals surface area contributed by atoms with Crippen LogP contribution in [0.25, 0.3) is 33.3 Å². The third-order valence-electron chi connectivity index (χ3n) is 3.93. The molecule has 0 aliphatic rings. The molecule has 0 aliphatic heterocycles. The van der Waals surface area contributed by atoms with Gasteiger partial charge < -0.3 is 8.83 Å². The molecule has 4 rings (SSSR count). The highest BCUT2D eigenvalue weighted by atomic mass is 16.4. The molecule has 0 saturated carbocycles. The molecule has 0 saturated heterocycles. The molecule has 2 heterocycles. The van der Waals surface area contributed by atoms with Crippen molar-refractivity contribution in [1.29, 1.82) is 0 Å². The first-order chi connectivity index (χ1) is 10.6. The fourth-order valence-electron chi connectivity index (χ4n) is 2.72. The second-order valence-corrected chi connectivity index (χ2v) is 5.16. The molecule has 0 amide bonds. The molecule has 2 aromatic carbocycles. The molecule has 0 aliphatic carbocycles. The van der Waals surface area contributed by atoms with E-state index in [-0.39, 0.29) is 0 Å². The molecule has 0 atom stereocenters. The lowest BCUT2D eigenvalue weighted by atomic mass is 10.0. The van der Waals surface area contributed by atoms with Gasteiger partial charge >= 0.3 is 11.5 Å². The van der Waals surface area contributed by atoms with Crippen molar-refractivity contribution in [3.05, 3.63) is 57.5 Å². The zero-order chi connectivity index (χ0) is 15.4. The molecule has 6 nitrogen and oxygen atoms in total. The molecule has 0 bridgehead atoms. The van der Waals surface area contributed by atoms with Crippen molar-refractivity contribution in [2.75, 3.05) is 0 Å². The quantitative estimate of drug-likeness (QED) is 0.540. The van der Waals surface area contributed by atoms with Gasteiger partial charge in [-0.1, -0.05) is 24.3 Å². The first-order valence-corrected chi connectivity index (χ1v) is 6.75. The molecule has 0 radical (unpaired) electrons. The second kappa shape index (κ2) is 4.24. The molecule has 0 N–H and O–H groups in total. The van der Waals surface area contributed by atoms with Gasteiger partial charge in [-0.3, -0.25) is 9.13 Å². The van der Waals surface area contributed by atoms with Crippen molar-refractivity contribution in [2.24, 2.45) is 14.1 Å². The summed E-state index contributed by atoms with van der Waals surface area (Å²) in [5, 5.41) is 0. The van der Waals surface area contributed by atoms with E-state index in [1.165, 1.54) is 9.13 Å². The van der Waals surface area contributed by atoms with Crippen LogP contribution in [0, 0.1) is 0 Å². The monoisotopic (exact) mass is 296 g/mol. The van der Waals surface area contributed by atoms with Gasteiger partial charge in [-0.15, -0.1) is 0 Å². The molecule has 2 aromatic heterocycles. The van der Waals surface area contributed by atoms with Gasteiger partial charge in [-0.25, -0.2) is 9.59 Å². The van der Waals surface area contributed by atoms with Gasteiger partial charge in [-0.2, -0.15) is 0 Å². The first-order valence-electron chi connectivity index (χ1n) is 6.75. The number of aromatic nitrogens is 2. The maximum atomic E-state index is 11.8. The maximum absolute atomic E-state index is 11.8. The van der Waals surface area contributed by atoms with Crippen LogP contribution in [-0.2, 0) is 14.1 Å². The van der Waals surface area contributed by atoms with E-state index < -0.39 is 11.5 Å². The topological polar surface area (TPSA) is 70.3 Å². The number of para-hydroxylation sites is 2. The highest BCUT2D eigenvalue weighted by Gasteiger charge is 2.17. The average Bonchev–Trinajstić information content (AvgIpc) is 2.97. The summed E-state index contributed by atoms with van der Waals surface area (Å²) >= 11 is 0. The van der Waals surface area contributed by atoms with Gasteiger partial charge in [0.25, 0.3) is 0 Å². The Kier molecular flexibility index (Phi) is 2.45. The van der Waals surface area contributed by atoms with E-state index in [2.05, 4.69) is 0 Å². The van der Waals surface area contributed by atoms with Crippen molar-refractivity contribution in [2.45, 2.75) is 0 Å². The highest BCUT2D eigenvalue weighted by molar-refractivity contribution is 5.99. The van der Waals surface area contributed by atoms with Crippen LogP contribution >= 0.6 is 0 Å². The molecule has 0 unspecified atom stereocenters. The Bertz CT molecular complexity index is 1050. The number of benzene rings is 2. The predicted octanol–water partition coefficient (Wildman–Crippen LogP) is 2.24. The van der Waals surface area contributed by atoms with E-state index in [4.69, 9.17) is 8.83 Å². The van der Waals surface area contributed by atoms with Crippen LogP contribution < -0.4 is 11.5 Å². The average molecular weight is 296 g/mol. The molecule has 0 fully saturated rings. The number of hydrogen-bond donors (Lipinski definition) is 0. The minimum Gasteiger partial charge on any atom is -0.407 e. The second-order valence-electron chi connectivity index (χ2n) is 5.16. The molecule has 4 aromatic rings. The number of oxazole rings is 2. The number of hydrogen-bond acceptors (Lipinski definition) is 4. The highest BCUT2D eigenvalue weighted by Crippen LogP contribution is 2.32. The van der Waals surface area contributed by atoms with Crippen LogP contribution in [0.15, 0.2) is 54.8 Å². The number of fused-ring (bicyclic) bond motifs is 2. The number of nitrogens with zero attached hydrogens (tertiary/aromatic N) is 2. The summed E-state index contributed by atoms with van der Waals surface area (Å²) in [5.41, 5.74) is 3.78. The molecular formula is C16H12N2O4. The summed E-state index contributed by atoms with van der Waals surface area (Å²) in [5.74, 6) is -0.853. The molecule has 0 spiro atoms. The van der Waals surface area contributed by atoms with Gasteiger partial charge in [0.2, 0.25) is 0 Å². The minimum atomic E-state index is -0.427. The summed E-state index contributed by atoms with van der Waals surface area (Å²) in [7, 11) is 3.31. The van der Waals surface area contributed by atoms with Gasteiger partial charge in [0.05, 0.1) is 11.0 Å². The first kappa shape index (κ1) is 12.7. The normalized spacial score (nSPS) is 11.5. The Labute approximate surface area is 123 Å². The Balaban J connectivity index is 2.17. The minimum absolute atomic E-state index is 0.427. The lowest BCUT2D eigenvalue weighted by Crippen LogP contribution is -2.08. The SMILES string of the molecule is Cn1c(=O)oc2c(-c3cccc4c3oc(=O)n4C)cccc21. The van der Waals surface area contributed by atoms with E-state index in [1.807, 2.05) is 36.4 Å². The van der Waals surface area contributed by atoms with Gasteiger partial charge in [0, 0.05) is 25.2 Å². The van der Waals surface area contributed by atoms with Crippen LogP contribution in [0.5, 0.6) is 0 Å². The zero-order valence-corrected chi connectivity index (χ0v) is 12.0. The van der Waals surface area contributed by atoms with Crippen molar-refractivity contribution in [1.82, 2.24) is 9.13 Å². The third-order valence-corrected chi connectivity index (χ3v) is 3.93. The summed E-state index contributed by atoms with van der Waals surface area (Å²) in [6, 6.07) is 11.0. The fourth-order valence-corrected chi connectivity index (χ4v) is 2.72. The van der Waals surface area contributed by atoms with Crippen LogP contribution in [0.1, 0.15) is 0 Å². The van der Waals surface area contributed by atoms with E-state index >= 15 is 0 Å². The Morgan fingerprint density at radius 1 is 0.727 bits per heavy atom. The van der Waals surface area contributed by atoms with Crippen LogP contribution in [-0.4, -0.2) is 9.13 Å². The lowest BCUT2D eigenvalue weighted by Gasteiger charge is -2.03. The van der Waals surface area contributed by atoms with Crippen LogP contribution in [0.3, 0.4) is 0 Å². The Morgan fingerprint density at radius 2 is 1.14 bits per heavy atom. The van der Waals surface area contributed by atoms with E-state index in [0.717, 1.165) is 11.1 Å². The van der Waals surface area contributed by atoms with E-state index in [1.54, 1.807) is 14.1 Å². The zero-order valence-electron chi connectivity index (χ0n) is 12.0. The number of aryl methyl sites for hydroxylation is 2. The Morgan fingerprint density at radius 3 is 1.55 bits per heavy atom. The molecule has 22 heavy (non-hydrogen) atoms. The molecule has 6 heteroatoms. The van der Waals surface area contributed by atoms with Crippen molar-refractivity contribution < 1.29 is 8.83 Å². The summed E-state index contributed by atoms with van der Waals surface area (Å²) < 4.78 is 13.6. The maximum Gasteiger partial charge on any atom is 0.419 e. The van der Waals surface area contributed by atoms with Crippen LogP contribution in [0.2, 0.25) is 0 Å². The van der Waals surface area contributed by atoms with E-state index in [0.29, 0.717) is 22.2 Å². The Hall–Kier alpha value is -3.02. The van der Waals surface area contributed by atoms with Gasteiger partial charge in [0.1, 0.15) is 0 Å². The van der Waals surface area contributed by atoms with Gasteiger partial charge in [-0.05, 0) is 12.1 Å². The molecular weight excluding hydrogens is 284 g/mol. The number of rotatable bonds is 1. The van der Waals surface area contributed by atoms with Crippen LogP contribution in [0.4, 0.5) is 0 Å². The summed E-state index contributed by atoms with van der Waals surface area (Å²) in [6.07, 6.45) is 0. The third kappa shape index (κ3) is 1.54. The van der Waals surface area contributed by atoms with Crippen molar-refractivity contribution in [3.63, 3.8) is 0 Å². The fraction of sp³-hybridized carbons (Fsp3) is 0.125.